The zero-order valence-electron chi connectivity index (χ0n) is 12.1. The predicted octanol–water partition coefficient (Wildman–Crippen LogP) is 2.54. The molecule has 5 nitrogen and oxygen atoms in total. The Bertz CT molecular complexity index is 502. The average Bonchev–Trinajstić information content (AvgIpc) is 2.37. The number of nitrogens with two attached hydrogens (primary N) is 1. The second kappa shape index (κ2) is 6.95. The van der Waals surface area contributed by atoms with Crippen LogP contribution >= 0.6 is 15.9 Å². The molecule has 0 spiro atoms. The molecule has 0 aromatic heterocycles. The van der Waals surface area contributed by atoms with Gasteiger partial charge in [-0.05, 0) is 45.5 Å². The molecule has 0 amide bonds. The van der Waals surface area contributed by atoms with Crippen LogP contribution in [-0.4, -0.2) is 31.3 Å². The quantitative estimate of drug-likeness (QED) is 0.827. The van der Waals surface area contributed by atoms with Crippen molar-refractivity contribution in [2.45, 2.75) is 32.2 Å². The smallest absolute Gasteiger partial charge is 0.320 e. The molecule has 0 saturated heterocycles. The normalized spacial score (nSPS) is 12.3. The Morgan fingerprint density at radius 3 is 2.40 bits per heavy atom. The summed E-state index contributed by atoms with van der Waals surface area (Å²) < 4.78 is 11.4. The molecule has 0 radical (unpaired) electrons. The molecule has 20 heavy (non-hydrogen) atoms. The van der Waals surface area contributed by atoms with E-state index in [0.717, 1.165) is 15.6 Å². The fourth-order valence-electron chi connectivity index (χ4n) is 2.13. The highest BCUT2D eigenvalue weighted by atomic mass is 79.9. The standard InChI is InChI=1S/C14H20BrNO4/c1-7(2)11-8(5-9(16)14(17)18)6-10(19-3)13(20-4)12(11)15/h6-7,9H,5,16H2,1-4H3,(H,17,18). The third kappa shape index (κ3) is 3.43. The van der Waals surface area contributed by atoms with Crippen molar-refractivity contribution < 1.29 is 19.4 Å². The van der Waals surface area contributed by atoms with Gasteiger partial charge in [0.15, 0.2) is 11.5 Å². The zero-order valence-corrected chi connectivity index (χ0v) is 13.7. The maximum Gasteiger partial charge on any atom is 0.320 e. The third-order valence-corrected chi connectivity index (χ3v) is 3.86. The first-order valence-electron chi connectivity index (χ1n) is 6.25. The van der Waals surface area contributed by atoms with Gasteiger partial charge in [0.05, 0.1) is 18.7 Å². The van der Waals surface area contributed by atoms with Crippen molar-refractivity contribution in [1.29, 1.82) is 0 Å². The molecular weight excluding hydrogens is 326 g/mol. The molecule has 0 aliphatic heterocycles. The number of halogens is 1. The van der Waals surface area contributed by atoms with Crippen LogP contribution < -0.4 is 15.2 Å². The number of aliphatic carboxylic acids is 1. The van der Waals surface area contributed by atoms with Gasteiger partial charge in [0, 0.05) is 0 Å². The first-order chi connectivity index (χ1) is 9.33. The van der Waals surface area contributed by atoms with Gasteiger partial charge < -0.3 is 20.3 Å². The summed E-state index contributed by atoms with van der Waals surface area (Å²) in [6, 6.07) is 0.847. The highest BCUT2D eigenvalue weighted by Crippen LogP contribution is 2.42. The molecule has 1 aromatic rings. The monoisotopic (exact) mass is 345 g/mol. The summed E-state index contributed by atoms with van der Waals surface area (Å²) in [5.74, 6) is 0.325. The van der Waals surface area contributed by atoms with E-state index in [-0.39, 0.29) is 12.3 Å². The van der Waals surface area contributed by atoms with E-state index in [1.54, 1.807) is 20.3 Å². The molecule has 1 rings (SSSR count). The molecule has 0 heterocycles. The number of carbonyl (C=O) groups is 1. The van der Waals surface area contributed by atoms with Gasteiger partial charge in [-0.25, -0.2) is 0 Å². The largest absolute Gasteiger partial charge is 0.493 e. The molecule has 0 saturated carbocycles. The van der Waals surface area contributed by atoms with Gasteiger partial charge in [-0.15, -0.1) is 0 Å². The molecule has 0 bridgehead atoms. The van der Waals surface area contributed by atoms with Gasteiger partial charge in [0.25, 0.3) is 0 Å². The van der Waals surface area contributed by atoms with Gasteiger partial charge in [-0.1, -0.05) is 13.8 Å². The summed E-state index contributed by atoms with van der Waals surface area (Å²) in [4.78, 5) is 11.0. The van der Waals surface area contributed by atoms with E-state index in [2.05, 4.69) is 15.9 Å². The molecule has 0 aliphatic rings. The Morgan fingerprint density at radius 2 is 2.00 bits per heavy atom. The van der Waals surface area contributed by atoms with E-state index in [1.807, 2.05) is 13.8 Å². The van der Waals surface area contributed by atoms with Crippen LogP contribution in [0.5, 0.6) is 11.5 Å². The minimum Gasteiger partial charge on any atom is -0.493 e. The van der Waals surface area contributed by atoms with Crippen LogP contribution in [0.2, 0.25) is 0 Å². The summed E-state index contributed by atoms with van der Waals surface area (Å²) in [6.45, 7) is 4.06. The van der Waals surface area contributed by atoms with Crippen molar-refractivity contribution in [2.24, 2.45) is 5.73 Å². The maximum absolute atomic E-state index is 11.0. The average molecular weight is 346 g/mol. The van der Waals surface area contributed by atoms with Crippen LogP contribution in [-0.2, 0) is 11.2 Å². The van der Waals surface area contributed by atoms with Crippen molar-refractivity contribution in [3.05, 3.63) is 21.7 Å². The van der Waals surface area contributed by atoms with Gasteiger partial charge in [0.2, 0.25) is 0 Å². The number of ether oxygens (including phenoxy) is 2. The van der Waals surface area contributed by atoms with Gasteiger partial charge >= 0.3 is 5.97 Å². The molecule has 6 heteroatoms. The minimum atomic E-state index is -1.02. The SMILES string of the molecule is COc1cc(CC(N)C(=O)O)c(C(C)C)c(Br)c1OC. The number of benzene rings is 1. The van der Waals surface area contributed by atoms with Crippen LogP contribution in [0.4, 0.5) is 0 Å². The summed E-state index contributed by atoms with van der Waals surface area (Å²) >= 11 is 3.52. The summed E-state index contributed by atoms with van der Waals surface area (Å²) in [5.41, 5.74) is 7.47. The van der Waals surface area contributed by atoms with Gasteiger partial charge in [0.1, 0.15) is 6.04 Å². The second-order valence-electron chi connectivity index (χ2n) is 4.80. The molecule has 0 aliphatic carbocycles. The molecule has 112 valence electrons. The number of rotatable bonds is 6. The molecule has 0 fully saturated rings. The Hall–Kier alpha value is -1.27. The highest BCUT2D eigenvalue weighted by Gasteiger charge is 2.22. The lowest BCUT2D eigenvalue weighted by atomic mass is 9.92. The number of carboxylic acid groups (broad SMARTS) is 1. The van der Waals surface area contributed by atoms with Crippen LogP contribution in [0.15, 0.2) is 10.5 Å². The first kappa shape index (κ1) is 16.8. The van der Waals surface area contributed by atoms with Crippen molar-refractivity contribution in [2.75, 3.05) is 14.2 Å². The number of hydrogen-bond donors (Lipinski definition) is 2. The molecular formula is C14H20BrNO4. The zero-order chi connectivity index (χ0) is 15.4. The van der Waals surface area contributed by atoms with Gasteiger partial charge in [-0.2, -0.15) is 0 Å². The van der Waals surface area contributed by atoms with Crippen molar-refractivity contribution >= 4 is 21.9 Å². The summed E-state index contributed by atoms with van der Waals surface area (Å²) in [6.07, 6.45) is 0.238. The van der Waals surface area contributed by atoms with E-state index >= 15 is 0 Å². The topological polar surface area (TPSA) is 81.8 Å². The maximum atomic E-state index is 11.0. The van der Waals surface area contributed by atoms with Crippen LogP contribution in [0, 0.1) is 0 Å². The molecule has 3 N–H and O–H groups in total. The number of hydrogen-bond acceptors (Lipinski definition) is 4. The Morgan fingerprint density at radius 1 is 1.40 bits per heavy atom. The third-order valence-electron chi connectivity index (χ3n) is 3.07. The number of methoxy groups -OCH3 is 2. The Kier molecular flexibility index (Phi) is 5.83. The molecule has 1 aromatic carbocycles. The van der Waals surface area contributed by atoms with Crippen molar-refractivity contribution in [3.63, 3.8) is 0 Å². The van der Waals surface area contributed by atoms with E-state index in [9.17, 15) is 4.79 Å². The van der Waals surface area contributed by atoms with Crippen LogP contribution in [0.1, 0.15) is 30.9 Å². The fourth-order valence-corrected chi connectivity index (χ4v) is 3.20. The van der Waals surface area contributed by atoms with E-state index < -0.39 is 12.0 Å². The molecule has 1 atom stereocenters. The fraction of sp³-hybridized carbons (Fsp3) is 0.500. The lowest BCUT2D eigenvalue weighted by Gasteiger charge is -2.21. The van der Waals surface area contributed by atoms with E-state index in [1.165, 1.54) is 0 Å². The van der Waals surface area contributed by atoms with Crippen molar-refractivity contribution in [3.8, 4) is 11.5 Å². The summed E-state index contributed by atoms with van der Waals surface area (Å²) in [5, 5.41) is 8.98. The van der Waals surface area contributed by atoms with Gasteiger partial charge in [-0.3, -0.25) is 4.79 Å². The van der Waals surface area contributed by atoms with E-state index in [0.29, 0.717) is 11.5 Å². The summed E-state index contributed by atoms with van der Waals surface area (Å²) in [7, 11) is 3.11. The predicted molar refractivity (Wildman–Crippen MR) is 80.7 cm³/mol. The van der Waals surface area contributed by atoms with E-state index in [4.69, 9.17) is 20.3 Å². The lowest BCUT2D eigenvalue weighted by molar-refractivity contribution is -0.138. The minimum absolute atomic E-state index is 0.195. The van der Waals surface area contributed by atoms with Crippen LogP contribution in [0.3, 0.4) is 0 Å². The Balaban J connectivity index is 3.41. The van der Waals surface area contributed by atoms with Crippen molar-refractivity contribution in [1.82, 2.24) is 0 Å². The first-order valence-corrected chi connectivity index (χ1v) is 7.04. The number of carboxylic acids is 1. The molecule has 1 unspecified atom stereocenters. The lowest BCUT2D eigenvalue weighted by Crippen LogP contribution is -2.32. The van der Waals surface area contributed by atoms with Crippen LogP contribution in [0.25, 0.3) is 0 Å². The highest BCUT2D eigenvalue weighted by molar-refractivity contribution is 9.10. The Labute approximate surface area is 127 Å². The second-order valence-corrected chi connectivity index (χ2v) is 5.60.